The molecular formula is C12H17F3N2O4. The van der Waals surface area contributed by atoms with Crippen molar-refractivity contribution in [3.8, 4) is 0 Å². The van der Waals surface area contributed by atoms with Crippen molar-refractivity contribution < 1.29 is 27.6 Å². The molecule has 1 saturated carbocycles. The Kier molecular flexibility index (Phi) is 4.70. The van der Waals surface area contributed by atoms with Gasteiger partial charge in [0, 0.05) is 11.3 Å². The van der Waals surface area contributed by atoms with Crippen LogP contribution in [0.25, 0.3) is 0 Å². The van der Waals surface area contributed by atoms with Crippen LogP contribution < -0.4 is 0 Å². The lowest BCUT2D eigenvalue weighted by Gasteiger charge is -2.31. The zero-order valence-electron chi connectivity index (χ0n) is 11.3. The maximum atomic E-state index is 12.2. The summed E-state index contributed by atoms with van der Waals surface area (Å²) in [5.74, 6) is -1.18. The number of nitro groups is 1. The predicted molar refractivity (Wildman–Crippen MR) is 65.1 cm³/mol. The van der Waals surface area contributed by atoms with Gasteiger partial charge in [0.05, 0.1) is 13.2 Å². The molecule has 1 aliphatic carbocycles. The lowest BCUT2D eigenvalue weighted by Crippen LogP contribution is -2.41. The van der Waals surface area contributed by atoms with E-state index >= 15 is 0 Å². The van der Waals surface area contributed by atoms with Crippen molar-refractivity contribution in [3.05, 3.63) is 10.1 Å². The molecule has 2 rings (SSSR count). The van der Waals surface area contributed by atoms with E-state index in [2.05, 4.69) is 0 Å². The Morgan fingerprint density at radius 3 is 2.43 bits per heavy atom. The molecule has 0 spiro atoms. The van der Waals surface area contributed by atoms with E-state index in [1.54, 1.807) is 0 Å². The Bertz CT molecular complexity index is 408. The third-order valence-electron chi connectivity index (χ3n) is 3.90. The summed E-state index contributed by atoms with van der Waals surface area (Å²) in [4.78, 5) is 22.8. The van der Waals surface area contributed by atoms with E-state index in [-0.39, 0.29) is 18.9 Å². The summed E-state index contributed by atoms with van der Waals surface area (Å²) in [5, 5.41) is 10.4. The zero-order valence-corrected chi connectivity index (χ0v) is 11.3. The minimum atomic E-state index is -4.19. The number of hydrogen-bond donors (Lipinski definition) is 0. The van der Waals surface area contributed by atoms with Gasteiger partial charge in [0.15, 0.2) is 0 Å². The van der Waals surface area contributed by atoms with Crippen molar-refractivity contribution in [1.29, 1.82) is 0 Å². The van der Waals surface area contributed by atoms with Gasteiger partial charge >= 0.3 is 12.1 Å². The standard InChI is InChI=1S/C12H17F3N2O4/c13-12(14,15)7-16-3-1-8(2-4-16)6-21-11(18)9-5-10(9)17(19)20/h8-10H,1-7H2/t9-,10-/m0/s1. The van der Waals surface area contributed by atoms with Gasteiger partial charge in [-0.25, -0.2) is 0 Å². The molecule has 1 aliphatic heterocycles. The smallest absolute Gasteiger partial charge is 0.401 e. The van der Waals surface area contributed by atoms with Crippen molar-refractivity contribution in [1.82, 2.24) is 4.90 Å². The fourth-order valence-corrected chi connectivity index (χ4v) is 2.54. The Morgan fingerprint density at radius 1 is 1.33 bits per heavy atom. The molecule has 0 radical (unpaired) electrons. The molecular weight excluding hydrogens is 293 g/mol. The molecule has 120 valence electrons. The topological polar surface area (TPSA) is 72.7 Å². The van der Waals surface area contributed by atoms with Crippen molar-refractivity contribution >= 4 is 5.97 Å². The van der Waals surface area contributed by atoms with Gasteiger partial charge in [0.1, 0.15) is 5.92 Å². The molecule has 2 fully saturated rings. The average molecular weight is 310 g/mol. The number of halogens is 3. The SMILES string of the molecule is O=C(OCC1CCN(CC(F)(F)F)CC1)[C@H]1C[C@@H]1[N+](=O)[O-]. The number of carbonyl (C=O) groups excluding carboxylic acids is 1. The van der Waals surface area contributed by atoms with Gasteiger partial charge in [-0.2, -0.15) is 13.2 Å². The summed E-state index contributed by atoms with van der Waals surface area (Å²) in [7, 11) is 0. The van der Waals surface area contributed by atoms with Gasteiger partial charge in [-0.05, 0) is 31.8 Å². The van der Waals surface area contributed by atoms with Crippen LogP contribution in [0.5, 0.6) is 0 Å². The Balaban J connectivity index is 1.63. The normalized spacial score (nSPS) is 27.4. The molecule has 0 unspecified atom stereocenters. The molecule has 0 N–H and O–H groups in total. The molecule has 21 heavy (non-hydrogen) atoms. The average Bonchev–Trinajstić information content (AvgIpc) is 3.16. The Labute approximate surface area is 119 Å². The number of carbonyl (C=O) groups is 1. The van der Waals surface area contributed by atoms with Crippen LogP contribution in [0, 0.1) is 22.0 Å². The monoisotopic (exact) mass is 310 g/mol. The maximum Gasteiger partial charge on any atom is 0.401 e. The van der Waals surface area contributed by atoms with Crippen LogP contribution in [0.3, 0.4) is 0 Å². The van der Waals surface area contributed by atoms with Crippen molar-refractivity contribution in [2.45, 2.75) is 31.5 Å². The van der Waals surface area contributed by atoms with E-state index < -0.39 is 35.6 Å². The molecule has 1 saturated heterocycles. The van der Waals surface area contributed by atoms with Gasteiger partial charge in [0.25, 0.3) is 0 Å². The third-order valence-corrected chi connectivity index (χ3v) is 3.90. The second-order valence-electron chi connectivity index (χ2n) is 5.66. The highest BCUT2D eigenvalue weighted by Gasteiger charge is 2.54. The van der Waals surface area contributed by atoms with Crippen molar-refractivity contribution in [3.63, 3.8) is 0 Å². The molecule has 2 atom stereocenters. The number of esters is 1. The fraction of sp³-hybridized carbons (Fsp3) is 0.917. The predicted octanol–water partition coefficient (Wildman–Crippen LogP) is 1.47. The lowest BCUT2D eigenvalue weighted by atomic mass is 9.98. The van der Waals surface area contributed by atoms with Crippen LogP contribution >= 0.6 is 0 Å². The highest BCUT2D eigenvalue weighted by molar-refractivity contribution is 5.76. The lowest BCUT2D eigenvalue weighted by molar-refractivity contribution is -0.497. The number of ether oxygens (including phenoxy) is 1. The molecule has 2 aliphatic rings. The Hall–Kier alpha value is -1.38. The van der Waals surface area contributed by atoms with Gasteiger partial charge in [-0.1, -0.05) is 0 Å². The number of alkyl halides is 3. The minimum absolute atomic E-state index is 0.0336. The van der Waals surface area contributed by atoms with E-state index in [0.717, 1.165) is 0 Å². The second-order valence-corrected chi connectivity index (χ2v) is 5.66. The van der Waals surface area contributed by atoms with E-state index in [4.69, 9.17) is 4.74 Å². The summed E-state index contributed by atoms with van der Waals surface area (Å²) in [6.45, 7) is -0.128. The molecule has 1 heterocycles. The second kappa shape index (κ2) is 6.17. The third kappa shape index (κ3) is 4.83. The van der Waals surface area contributed by atoms with Gasteiger partial charge in [0.2, 0.25) is 6.04 Å². The molecule has 9 heteroatoms. The van der Waals surface area contributed by atoms with E-state index in [0.29, 0.717) is 25.9 Å². The molecule has 0 bridgehead atoms. The van der Waals surface area contributed by atoms with Crippen LogP contribution in [0.1, 0.15) is 19.3 Å². The number of rotatable bonds is 5. The first-order chi connectivity index (χ1) is 9.76. The minimum Gasteiger partial charge on any atom is -0.465 e. The number of piperidine rings is 1. The first-order valence-corrected chi connectivity index (χ1v) is 6.85. The van der Waals surface area contributed by atoms with Crippen molar-refractivity contribution in [2.75, 3.05) is 26.2 Å². The van der Waals surface area contributed by atoms with Crippen LogP contribution in [-0.4, -0.2) is 54.3 Å². The number of likely N-dealkylation sites (tertiary alicyclic amines) is 1. The van der Waals surface area contributed by atoms with Crippen LogP contribution in [0.4, 0.5) is 13.2 Å². The van der Waals surface area contributed by atoms with E-state index in [1.165, 1.54) is 4.90 Å². The first kappa shape index (κ1) is 16.0. The van der Waals surface area contributed by atoms with E-state index in [9.17, 15) is 28.1 Å². The number of nitrogens with zero attached hydrogens (tertiary/aromatic N) is 2. The van der Waals surface area contributed by atoms with Crippen LogP contribution in [0.15, 0.2) is 0 Å². The largest absolute Gasteiger partial charge is 0.465 e. The highest BCUT2D eigenvalue weighted by Crippen LogP contribution is 2.34. The van der Waals surface area contributed by atoms with Gasteiger partial charge < -0.3 is 4.74 Å². The van der Waals surface area contributed by atoms with Gasteiger partial charge in [-0.3, -0.25) is 19.8 Å². The maximum absolute atomic E-state index is 12.2. The molecule has 0 aromatic rings. The van der Waals surface area contributed by atoms with Crippen LogP contribution in [0.2, 0.25) is 0 Å². The zero-order chi connectivity index (χ0) is 15.6. The van der Waals surface area contributed by atoms with Gasteiger partial charge in [-0.15, -0.1) is 0 Å². The molecule has 0 aromatic carbocycles. The molecule has 0 amide bonds. The van der Waals surface area contributed by atoms with Crippen molar-refractivity contribution in [2.24, 2.45) is 11.8 Å². The number of hydrogen-bond acceptors (Lipinski definition) is 5. The first-order valence-electron chi connectivity index (χ1n) is 6.85. The molecule has 6 nitrogen and oxygen atoms in total. The van der Waals surface area contributed by atoms with Crippen LogP contribution in [-0.2, 0) is 9.53 Å². The summed E-state index contributed by atoms with van der Waals surface area (Å²) < 4.78 is 41.7. The summed E-state index contributed by atoms with van der Waals surface area (Å²) >= 11 is 0. The summed E-state index contributed by atoms with van der Waals surface area (Å²) in [5.41, 5.74) is 0. The summed E-state index contributed by atoms with van der Waals surface area (Å²) in [6.07, 6.45) is -2.90. The Morgan fingerprint density at radius 2 is 1.95 bits per heavy atom. The fourth-order valence-electron chi connectivity index (χ4n) is 2.54. The molecule has 0 aromatic heterocycles. The van der Waals surface area contributed by atoms with E-state index in [1.807, 2.05) is 0 Å². The highest BCUT2D eigenvalue weighted by atomic mass is 19.4. The quantitative estimate of drug-likeness (QED) is 0.437. The summed E-state index contributed by atoms with van der Waals surface area (Å²) in [6, 6.07) is -0.828.